The van der Waals surface area contributed by atoms with Crippen molar-refractivity contribution in [2.45, 2.75) is 38.2 Å². The smallest absolute Gasteiger partial charge is 0.187 e. The predicted molar refractivity (Wildman–Crippen MR) is 133 cm³/mol. The molecule has 1 aliphatic rings. The van der Waals surface area contributed by atoms with Crippen LogP contribution in [0.25, 0.3) is 11.1 Å². The van der Waals surface area contributed by atoms with Gasteiger partial charge in [0.25, 0.3) is 0 Å². The molecule has 0 spiro atoms. The molecule has 0 bridgehead atoms. The number of nitrogens with zero attached hydrogens (tertiary/aromatic N) is 2. The van der Waals surface area contributed by atoms with Crippen molar-refractivity contribution in [3.8, 4) is 16.9 Å². The monoisotopic (exact) mass is 454 g/mol. The van der Waals surface area contributed by atoms with E-state index in [1.807, 2.05) is 41.1 Å². The van der Waals surface area contributed by atoms with Crippen LogP contribution in [0.5, 0.6) is 5.75 Å². The highest BCUT2D eigenvalue weighted by atomic mass is 16.8. The van der Waals surface area contributed by atoms with Gasteiger partial charge in [0.1, 0.15) is 18.5 Å². The van der Waals surface area contributed by atoms with Crippen molar-refractivity contribution in [1.29, 1.82) is 0 Å². The molecule has 5 heteroatoms. The van der Waals surface area contributed by atoms with Gasteiger partial charge in [-0.1, -0.05) is 72.3 Å². The first-order valence-electron chi connectivity index (χ1n) is 11.8. The third-order valence-corrected chi connectivity index (χ3v) is 6.21. The van der Waals surface area contributed by atoms with Crippen LogP contribution in [0.3, 0.4) is 0 Å². The number of rotatable bonds is 9. The Labute approximate surface area is 200 Å². The van der Waals surface area contributed by atoms with Crippen molar-refractivity contribution in [3.63, 3.8) is 0 Å². The highest BCUT2D eigenvalue weighted by Crippen LogP contribution is 2.31. The van der Waals surface area contributed by atoms with Crippen molar-refractivity contribution in [2.75, 3.05) is 13.2 Å². The number of ether oxygens (including phenoxy) is 3. The molecule has 0 N–H and O–H groups in total. The summed E-state index contributed by atoms with van der Waals surface area (Å²) in [6.45, 7) is 3.65. The largest absolute Gasteiger partial charge is 0.491 e. The number of aryl methyl sites for hydroxylation is 2. The molecule has 3 aromatic carbocycles. The Bertz CT molecular complexity index is 1160. The lowest BCUT2D eigenvalue weighted by Crippen LogP contribution is -2.37. The number of aromatic nitrogens is 2. The minimum absolute atomic E-state index is 0.129. The summed E-state index contributed by atoms with van der Waals surface area (Å²) in [7, 11) is 0. The van der Waals surface area contributed by atoms with E-state index in [-0.39, 0.29) is 6.10 Å². The summed E-state index contributed by atoms with van der Waals surface area (Å²) < 4.78 is 20.8. The van der Waals surface area contributed by atoms with Crippen LogP contribution in [0.1, 0.15) is 17.5 Å². The summed E-state index contributed by atoms with van der Waals surface area (Å²) in [5, 5.41) is 0. The van der Waals surface area contributed by atoms with E-state index in [2.05, 4.69) is 60.4 Å². The van der Waals surface area contributed by atoms with Gasteiger partial charge in [0.05, 0.1) is 19.5 Å². The molecular formula is C29H30N2O3. The number of benzene rings is 3. The molecule has 0 amide bonds. The van der Waals surface area contributed by atoms with Gasteiger partial charge in [0.2, 0.25) is 0 Å². The Morgan fingerprint density at radius 1 is 0.971 bits per heavy atom. The van der Waals surface area contributed by atoms with Gasteiger partial charge in [-0.25, -0.2) is 4.98 Å². The first-order valence-corrected chi connectivity index (χ1v) is 11.8. The standard InChI is InChI=1S/C29H30N2O3/c1-23-7-9-24(10-8-23)15-16-29(21-31-18-17-30-22-31)33-20-28(34-29)19-32-27-13-11-26(12-14-27)25-5-3-2-4-6-25/h2-14,17-18,22,28H,15-16,19-21H2,1H3. The van der Waals surface area contributed by atoms with Gasteiger partial charge in [0, 0.05) is 18.8 Å². The van der Waals surface area contributed by atoms with Crippen LogP contribution >= 0.6 is 0 Å². The second-order valence-corrected chi connectivity index (χ2v) is 8.88. The summed E-state index contributed by atoms with van der Waals surface area (Å²) in [4.78, 5) is 4.17. The van der Waals surface area contributed by atoms with Gasteiger partial charge >= 0.3 is 0 Å². The van der Waals surface area contributed by atoms with E-state index in [0.29, 0.717) is 19.8 Å². The first-order chi connectivity index (χ1) is 16.7. The van der Waals surface area contributed by atoms with Crippen molar-refractivity contribution in [1.82, 2.24) is 9.55 Å². The maximum absolute atomic E-state index is 6.49. The van der Waals surface area contributed by atoms with Crippen LogP contribution in [-0.2, 0) is 22.4 Å². The molecule has 1 aliphatic heterocycles. The maximum atomic E-state index is 6.49. The zero-order chi connectivity index (χ0) is 23.2. The molecular weight excluding hydrogens is 424 g/mol. The van der Waals surface area contributed by atoms with Gasteiger partial charge in [-0.05, 0) is 42.2 Å². The summed E-state index contributed by atoms with van der Waals surface area (Å²) in [5.41, 5.74) is 4.91. The molecule has 2 heterocycles. The van der Waals surface area contributed by atoms with Crippen molar-refractivity contribution in [3.05, 3.63) is 109 Å². The minimum atomic E-state index is -0.698. The highest BCUT2D eigenvalue weighted by Gasteiger charge is 2.42. The van der Waals surface area contributed by atoms with Crippen LogP contribution in [0.4, 0.5) is 0 Å². The zero-order valence-corrected chi connectivity index (χ0v) is 19.5. The van der Waals surface area contributed by atoms with Gasteiger partial charge in [0.15, 0.2) is 5.79 Å². The number of hydrogen-bond acceptors (Lipinski definition) is 4. The van der Waals surface area contributed by atoms with Crippen LogP contribution < -0.4 is 4.74 Å². The fraction of sp³-hybridized carbons (Fsp3) is 0.276. The molecule has 0 radical (unpaired) electrons. The molecule has 174 valence electrons. The molecule has 5 rings (SSSR count). The van der Waals surface area contributed by atoms with E-state index in [1.54, 1.807) is 12.5 Å². The average Bonchev–Trinajstić information content (AvgIpc) is 3.54. The van der Waals surface area contributed by atoms with Crippen LogP contribution in [0, 0.1) is 6.92 Å². The van der Waals surface area contributed by atoms with Crippen molar-refractivity contribution >= 4 is 0 Å². The minimum Gasteiger partial charge on any atom is -0.491 e. The Kier molecular flexibility index (Phi) is 6.74. The van der Waals surface area contributed by atoms with Crippen LogP contribution in [0.15, 0.2) is 97.6 Å². The summed E-state index contributed by atoms with van der Waals surface area (Å²) in [6, 6.07) is 27.2. The molecule has 2 unspecified atom stereocenters. The molecule has 1 saturated heterocycles. The normalized spacial score (nSPS) is 19.9. The third-order valence-electron chi connectivity index (χ3n) is 6.21. The summed E-state index contributed by atoms with van der Waals surface area (Å²) in [6.07, 6.45) is 7.04. The second kappa shape index (κ2) is 10.2. The van der Waals surface area contributed by atoms with Crippen LogP contribution in [-0.4, -0.2) is 34.7 Å². The van der Waals surface area contributed by atoms with Gasteiger partial charge in [-0.15, -0.1) is 0 Å². The fourth-order valence-corrected chi connectivity index (χ4v) is 4.30. The molecule has 1 aromatic heterocycles. The maximum Gasteiger partial charge on any atom is 0.187 e. The Balaban J connectivity index is 1.21. The van der Waals surface area contributed by atoms with Gasteiger partial charge < -0.3 is 18.8 Å². The van der Waals surface area contributed by atoms with E-state index in [9.17, 15) is 0 Å². The van der Waals surface area contributed by atoms with E-state index < -0.39 is 5.79 Å². The Morgan fingerprint density at radius 2 is 1.74 bits per heavy atom. The average molecular weight is 455 g/mol. The van der Waals surface area contributed by atoms with Gasteiger partial charge in [-0.2, -0.15) is 0 Å². The molecule has 4 aromatic rings. The lowest BCUT2D eigenvalue weighted by Gasteiger charge is -2.28. The van der Waals surface area contributed by atoms with E-state index >= 15 is 0 Å². The summed E-state index contributed by atoms with van der Waals surface area (Å²) >= 11 is 0. The fourth-order valence-electron chi connectivity index (χ4n) is 4.30. The van der Waals surface area contributed by atoms with Crippen molar-refractivity contribution in [2.24, 2.45) is 0 Å². The first kappa shape index (κ1) is 22.4. The second-order valence-electron chi connectivity index (χ2n) is 8.88. The molecule has 2 atom stereocenters. The number of hydrogen-bond donors (Lipinski definition) is 0. The van der Waals surface area contributed by atoms with Crippen molar-refractivity contribution < 1.29 is 14.2 Å². The van der Waals surface area contributed by atoms with E-state index in [1.165, 1.54) is 22.3 Å². The van der Waals surface area contributed by atoms with Crippen LogP contribution in [0.2, 0.25) is 0 Å². The topological polar surface area (TPSA) is 45.5 Å². The quantitative estimate of drug-likeness (QED) is 0.326. The Hall–Kier alpha value is -3.41. The molecule has 5 nitrogen and oxygen atoms in total. The highest BCUT2D eigenvalue weighted by molar-refractivity contribution is 5.63. The molecule has 1 fully saturated rings. The predicted octanol–water partition coefficient (Wildman–Crippen LogP) is 5.68. The lowest BCUT2D eigenvalue weighted by atomic mass is 10.0. The molecule has 34 heavy (non-hydrogen) atoms. The lowest BCUT2D eigenvalue weighted by molar-refractivity contribution is -0.184. The zero-order valence-electron chi connectivity index (χ0n) is 19.5. The van der Waals surface area contributed by atoms with E-state index in [4.69, 9.17) is 14.2 Å². The van der Waals surface area contributed by atoms with Gasteiger partial charge in [-0.3, -0.25) is 0 Å². The summed E-state index contributed by atoms with van der Waals surface area (Å²) in [5.74, 6) is 0.131. The third kappa shape index (κ3) is 5.56. The Morgan fingerprint density at radius 3 is 2.47 bits per heavy atom. The molecule has 0 saturated carbocycles. The number of imidazole rings is 1. The SMILES string of the molecule is Cc1ccc(CCC2(Cn3ccnc3)OCC(COc3ccc(-c4ccccc4)cc3)O2)cc1. The van der Waals surface area contributed by atoms with E-state index in [0.717, 1.165) is 18.6 Å². The molecule has 0 aliphatic carbocycles.